The van der Waals surface area contributed by atoms with Gasteiger partial charge in [-0.1, -0.05) is 0 Å². The van der Waals surface area contributed by atoms with Gasteiger partial charge in [0.2, 0.25) is 0 Å². The number of likely N-dealkylation sites (tertiary alicyclic amines) is 1. The minimum atomic E-state index is -1.01. The molecule has 1 atom stereocenters. The molecule has 0 aromatic heterocycles. The van der Waals surface area contributed by atoms with Crippen LogP contribution in [0.2, 0.25) is 0 Å². The van der Waals surface area contributed by atoms with Crippen LogP contribution in [-0.4, -0.2) is 91.8 Å². The number of aliphatic carboxylic acids is 1. The second-order valence-corrected chi connectivity index (χ2v) is 4.94. The molecule has 1 N–H and O–H groups in total. The van der Waals surface area contributed by atoms with Crippen LogP contribution in [0, 0.1) is 0 Å². The second kappa shape index (κ2) is 7.30. The Morgan fingerprint density at radius 2 is 2.11 bits per heavy atom. The van der Waals surface area contributed by atoms with Crippen molar-refractivity contribution >= 4 is 12.0 Å². The normalized spacial score (nSPS) is 18.9. The van der Waals surface area contributed by atoms with Crippen LogP contribution < -0.4 is 0 Å². The quantitative estimate of drug-likeness (QED) is 0.724. The first-order chi connectivity index (χ1) is 8.95. The predicted octanol–water partition coefficient (Wildman–Crippen LogP) is -0.225. The van der Waals surface area contributed by atoms with E-state index in [0.29, 0.717) is 32.3 Å². The molecule has 19 heavy (non-hydrogen) atoms. The SMILES string of the molecule is COCCN(CC(=O)O)C(=O)N1CCC(N(C)C)C1. The first-order valence-electron chi connectivity index (χ1n) is 6.36. The molecule has 1 aliphatic heterocycles. The summed E-state index contributed by atoms with van der Waals surface area (Å²) in [6.45, 7) is 1.67. The Morgan fingerprint density at radius 1 is 1.42 bits per heavy atom. The maximum absolute atomic E-state index is 12.3. The topological polar surface area (TPSA) is 73.3 Å². The van der Waals surface area contributed by atoms with Crippen molar-refractivity contribution in [3.63, 3.8) is 0 Å². The molecule has 0 bridgehead atoms. The molecular weight excluding hydrogens is 250 g/mol. The highest BCUT2D eigenvalue weighted by atomic mass is 16.5. The molecule has 1 fully saturated rings. The minimum Gasteiger partial charge on any atom is -0.480 e. The van der Waals surface area contributed by atoms with Crippen molar-refractivity contribution in [1.29, 1.82) is 0 Å². The average molecular weight is 273 g/mol. The number of carbonyl (C=O) groups is 2. The molecule has 7 nitrogen and oxygen atoms in total. The number of amides is 2. The van der Waals surface area contributed by atoms with Gasteiger partial charge in [0.1, 0.15) is 6.54 Å². The van der Waals surface area contributed by atoms with Gasteiger partial charge in [-0.05, 0) is 20.5 Å². The Kier molecular flexibility index (Phi) is 6.04. The maximum Gasteiger partial charge on any atom is 0.323 e. The molecule has 0 aliphatic carbocycles. The van der Waals surface area contributed by atoms with E-state index in [1.54, 1.807) is 4.90 Å². The van der Waals surface area contributed by atoms with Crippen molar-refractivity contribution in [2.24, 2.45) is 0 Å². The summed E-state index contributed by atoms with van der Waals surface area (Å²) in [6.07, 6.45) is 0.921. The van der Waals surface area contributed by atoms with Crippen molar-refractivity contribution in [2.75, 3.05) is 54.0 Å². The Bertz CT molecular complexity index is 322. The van der Waals surface area contributed by atoms with E-state index in [1.165, 1.54) is 12.0 Å². The number of hydrogen-bond donors (Lipinski definition) is 1. The molecule has 2 amide bonds. The number of likely N-dealkylation sites (N-methyl/N-ethyl adjacent to an activating group) is 1. The molecule has 110 valence electrons. The lowest BCUT2D eigenvalue weighted by Crippen LogP contribution is -2.46. The first kappa shape index (κ1) is 15.7. The number of hydrogen-bond acceptors (Lipinski definition) is 4. The molecule has 0 aromatic rings. The van der Waals surface area contributed by atoms with Gasteiger partial charge in [-0.3, -0.25) is 4.79 Å². The van der Waals surface area contributed by atoms with E-state index in [-0.39, 0.29) is 12.6 Å². The number of carboxylic acid groups (broad SMARTS) is 1. The zero-order chi connectivity index (χ0) is 14.4. The Balaban J connectivity index is 2.58. The number of ether oxygens (including phenoxy) is 1. The van der Waals surface area contributed by atoms with Gasteiger partial charge < -0.3 is 24.5 Å². The highest BCUT2D eigenvalue weighted by molar-refractivity contribution is 5.80. The highest BCUT2D eigenvalue weighted by Crippen LogP contribution is 2.15. The number of rotatable bonds is 6. The fourth-order valence-electron chi connectivity index (χ4n) is 2.14. The van der Waals surface area contributed by atoms with Crippen LogP contribution in [0.1, 0.15) is 6.42 Å². The molecule has 1 rings (SSSR count). The first-order valence-corrected chi connectivity index (χ1v) is 6.36. The summed E-state index contributed by atoms with van der Waals surface area (Å²) < 4.78 is 4.91. The third kappa shape index (κ3) is 4.68. The molecular formula is C12H23N3O4. The monoisotopic (exact) mass is 273 g/mol. The van der Waals surface area contributed by atoms with Gasteiger partial charge in [0.05, 0.1) is 6.61 Å². The van der Waals surface area contributed by atoms with E-state index in [1.807, 2.05) is 14.1 Å². The van der Waals surface area contributed by atoms with Gasteiger partial charge in [0.15, 0.2) is 0 Å². The summed E-state index contributed by atoms with van der Waals surface area (Å²) in [5, 5.41) is 8.85. The van der Waals surface area contributed by atoms with E-state index < -0.39 is 5.97 Å². The van der Waals surface area contributed by atoms with Crippen LogP contribution in [0.25, 0.3) is 0 Å². The van der Waals surface area contributed by atoms with E-state index >= 15 is 0 Å². The largest absolute Gasteiger partial charge is 0.480 e. The van der Waals surface area contributed by atoms with Gasteiger partial charge in [-0.25, -0.2) is 4.79 Å². The van der Waals surface area contributed by atoms with Crippen molar-refractivity contribution in [2.45, 2.75) is 12.5 Å². The lowest BCUT2D eigenvalue weighted by atomic mass is 10.2. The smallest absolute Gasteiger partial charge is 0.323 e. The summed E-state index contributed by atoms with van der Waals surface area (Å²) in [7, 11) is 5.50. The van der Waals surface area contributed by atoms with Gasteiger partial charge in [0, 0.05) is 32.8 Å². The molecule has 1 saturated heterocycles. The van der Waals surface area contributed by atoms with Crippen LogP contribution >= 0.6 is 0 Å². The van der Waals surface area contributed by atoms with Gasteiger partial charge in [-0.15, -0.1) is 0 Å². The number of nitrogens with zero attached hydrogens (tertiary/aromatic N) is 3. The molecule has 0 aromatic carbocycles. The molecule has 0 radical (unpaired) electrons. The van der Waals surface area contributed by atoms with Crippen LogP contribution in [0.3, 0.4) is 0 Å². The number of urea groups is 1. The van der Waals surface area contributed by atoms with E-state index in [4.69, 9.17) is 9.84 Å². The molecule has 1 unspecified atom stereocenters. The van der Waals surface area contributed by atoms with E-state index in [2.05, 4.69) is 4.90 Å². The summed E-state index contributed by atoms with van der Waals surface area (Å²) in [4.78, 5) is 28.2. The Morgan fingerprint density at radius 3 is 2.58 bits per heavy atom. The zero-order valence-electron chi connectivity index (χ0n) is 11.8. The lowest BCUT2D eigenvalue weighted by molar-refractivity contribution is -0.137. The lowest BCUT2D eigenvalue weighted by Gasteiger charge is -2.27. The predicted molar refractivity (Wildman–Crippen MR) is 70.1 cm³/mol. The average Bonchev–Trinajstić information content (AvgIpc) is 2.82. The number of carbonyl (C=O) groups excluding carboxylic acids is 1. The molecule has 1 heterocycles. The molecule has 0 saturated carbocycles. The summed E-state index contributed by atoms with van der Waals surface area (Å²) in [5.74, 6) is -1.01. The van der Waals surface area contributed by atoms with Crippen molar-refractivity contribution in [3.05, 3.63) is 0 Å². The number of carboxylic acids is 1. The summed E-state index contributed by atoms with van der Waals surface area (Å²) >= 11 is 0. The van der Waals surface area contributed by atoms with Crippen LogP contribution in [0.15, 0.2) is 0 Å². The third-order valence-corrected chi connectivity index (χ3v) is 3.33. The van der Waals surface area contributed by atoms with Crippen LogP contribution in [0.5, 0.6) is 0 Å². The Labute approximate surface area is 113 Å². The zero-order valence-corrected chi connectivity index (χ0v) is 11.8. The summed E-state index contributed by atoms with van der Waals surface area (Å²) in [6, 6.07) is 0.127. The minimum absolute atomic E-state index is 0.219. The van der Waals surface area contributed by atoms with E-state index in [0.717, 1.165) is 6.42 Å². The summed E-state index contributed by atoms with van der Waals surface area (Å²) in [5.41, 5.74) is 0. The number of methoxy groups -OCH3 is 1. The molecule has 7 heteroatoms. The van der Waals surface area contributed by atoms with Gasteiger partial charge in [-0.2, -0.15) is 0 Å². The fourth-order valence-corrected chi connectivity index (χ4v) is 2.14. The third-order valence-electron chi connectivity index (χ3n) is 3.33. The van der Waals surface area contributed by atoms with Gasteiger partial charge >= 0.3 is 12.0 Å². The van der Waals surface area contributed by atoms with Crippen LogP contribution in [-0.2, 0) is 9.53 Å². The van der Waals surface area contributed by atoms with E-state index in [9.17, 15) is 9.59 Å². The Hall–Kier alpha value is -1.34. The van der Waals surface area contributed by atoms with Crippen molar-refractivity contribution in [3.8, 4) is 0 Å². The van der Waals surface area contributed by atoms with Crippen molar-refractivity contribution < 1.29 is 19.4 Å². The second-order valence-electron chi connectivity index (χ2n) is 4.94. The molecule has 0 spiro atoms. The highest BCUT2D eigenvalue weighted by Gasteiger charge is 2.30. The standard InChI is InChI=1S/C12H23N3O4/c1-13(2)10-4-5-14(8-10)12(18)15(6-7-19-3)9-11(16)17/h10H,4-9H2,1-3H3,(H,16,17). The van der Waals surface area contributed by atoms with Crippen LogP contribution in [0.4, 0.5) is 4.79 Å². The van der Waals surface area contributed by atoms with Crippen molar-refractivity contribution in [1.82, 2.24) is 14.7 Å². The fraction of sp³-hybridized carbons (Fsp3) is 0.833. The van der Waals surface area contributed by atoms with Gasteiger partial charge in [0.25, 0.3) is 0 Å². The maximum atomic E-state index is 12.3. The molecule has 1 aliphatic rings.